The van der Waals surface area contributed by atoms with E-state index in [9.17, 15) is 9.59 Å². The Morgan fingerprint density at radius 1 is 1.38 bits per heavy atom. The monoisotopic (exact) mass is 402 g/mol. The fourth-order valence-electron chi connectivity index (χ4n) is 3.58. The molecule has 1 atom stereocenters. The zero-order chi connectivity index (χ0) is 21.3. The lowest BCUT2D eigenvalue weighted by Crippen LogP contribution is -2.43. The zero-order valence-corrected chi connectivity index (χ0v) is 17.0. The molecule has 0 fully saturated rings. The number of nitrogens with one attached hydrogen (secondary N) is 1. The van der Waals surface area contributed by atoms with E-state index in [2.05, 4.69) is 10.1 Å². The fraction of sp³-hybridized carbons (Fsp3) is 0.450. The molecule has 1 aliphatic rings. The molecule has 4 N–H and O–H groups in total. The van der Waals surface area contributed by atoms with Gasteiger partial charge in [0.2, 0.25) is 0 Å². The van der Waals surface area contributed by atoms with E-state index in [0.717, 1.165) is 22.2 Å². The number of carbonyl (C=O) groups excluding carboxylic acids is 2. The number of oxime groups is 1. The second-order valence-corrected chi connectivity index (χ2v) is 7.98. The molecule has 0 saturated heterocycles. The van der Waals surface area contributed by atoms with Crippen LogP contribution in [0.15, 0.2) is 23.4 Å². The Morgan fingerprint density at radius 2 is 2.10 bits per heavy atom. The number of fused-ring (bicyclic) bond motifs is 3. The van der Waals surface area contributed by atoms with Crippen molar-refractivity contribution in [3.05, 3.63) is 35.0 Å². The van der Waals surface area contributed by atoms with Crippen LogP contribution in [0.5, 0.6) is 0 Å². The molecular formula is C20H26N4O5. The lowest BCUT2D eigenvalue weighted by Gasteiger charge is -2.36. The molecule has 0 spiro atoms. The van der Waals surface area contributed by atoms with Crippen molar-refractivity contribution < 1.29 is 24.3 Å². The molecular weight excluding hydrogens is 376 g/mol. The number of amides is 1. The number of H-pyrrole nitrogens is 1. The van der Waals surface area contributed by atoms with Gasteiger partial charge in [0.1, 0.15) is 5.60 Å². The van der Waals surface area contributed by atoms with Crippen LogP contribution in [-0.2, 0) is 20.7 Å². The van der Waals surface area contributed by atoms with Crippen LogP contribution in [0.4, 0.5) is 4.79 Å². The van der Waals surface area contributed by atoms with Crippen LogP contribution in [0.3, 0.4) is 0 Å². The molecule has 2 heterocycles. The van der Waals surface area contributed by atoms with Crippen LogP contribution in [0.25, 0.3) is 10.9 Å². The van der Waals surface area contributed by atoms with E-state index in [-0.39, 0.29) is 12.3 Å². The molecule has 29 heavy (non-hydrogen) atoms. The number of carbonyl (C=O) groups is 2. The number of nitrogens with zero attached hydrogens (tertiary/aromatic N) is 2. The summed E-state index contributed by atoms with van der Waals surface area (Å²) in [6.07, 6.45) is 0.0993. The summed E-state index contributed by atoms with van der Waals surface area (Å²) in [5.74, 6) is -0.411. The summed E-state index contributed by atoms with van der Waals surface area (Å²) >= 11 is 0. The number of benzene rings is 1. The number of ether oxygens (including phenoxy) is 2. The molecule has 9 heteroatoms. The number of amidine groups is 1. The molecule has 156 valence electrons. The quantitative estimate of drug-likeness (QED) is 0.238. The third-order valence-electron chi connectivity index (χ3n) is 4.87. The maximum atomic E-state index is 12.8. The number of hydrogen-bond acceptors (Lipinski definition) is 6. The summed E-state index contributed by atoms with van der Waals surface area (Å²) in [4.78, 5) is 29.7. The molecule has 0 bridgehead atoms. The molecule has 1 amide bonds. The van der Waals surface area contributed by atoms with Gasteiger partial charge in [-0.25, -0.2) is 4.79 Å². The molecule has 1 aromatic carbocycles. The van der Waals surface area contributed by atoms with Gasteiger partial charge in [-0.05, 0) is 51.0 Å². The van der Waals surface area contributed by atoms with Crippen LogP contribution >= 0.6 is 0 Å². The molecule has 0 aliphatic carbocycles. The van der Waals surface area contributed by atoms with E-state index in [1.54, 1.807) is 31.7 Å². The Balaban J connectivity index is 2.06. The topological polar surface area (TPSA) is 130 Å². The van der Waals surface area contributed by atoms with Crippen molar-refractivity contribution in [2.45, 2.75) is 45.3 Å². The summed E-state index contributed by atoms with van der Waals surface area (Å²) in [5, 5.41) is 12.9. The second kappa shape index (κ2) is 7.65. The Morgan fingerprint density at radius 3 is 2.72 bits per heavy atom. The number of hydrogen-bond donors (Lipinski definition) is 3. The number of aromatic amines is 1. The summed E-state index contributed by atoms with van der Waals surface area (Å²) in [5.41, 5.74) is 8.24. The van der Waals surface area contributed by atoms with Gasteiger partial charge < -0.3 is 25.4 Å². The first-order valence-electron chi connectivity index (χ1n) is 9.33. The normalized spacial score (nSPS) is 17.2. The fourth-order valence-corrected chi connectivity index (χ4v) is 3.58. The van der Waals surface area contributed by atoms with E-state index in [0.29, 0.717) is 18.5 Å². The lowest BCUT2D eigenvalue weighted by molar-refractivity contribution is -0.142. The van der Waals surface area contributed by atoms with Gasteiger partial charge >= 0.3 is 12.1 Å². The van der Waals surface area contributed by atoms with Gasteiger partial charge in [-0.15, -0.1) is 0 Å². The number of nitrogens with two attached hydrogens (primary N) is 1. The lowest BCUT2D eigenvalue weighted by atomic mass is 9.95. The predicted octanol–water partition coefficient (Wildman–Crippen LogP) is 2.66. The zero-order valence-electron chi connectivity index (χ0n) is 17.0. The first kappa shape index (κ1) is 20.5. The molecule has 2 aromatic rings. The van der Waals surface area contributed by atoms with Gasteiger partial charge in [0.05, 0.1) is 19.6 Å². The maximum absolute atomic E-state index is 12.8. The molecule has 1 unspecified atom stereocenters. The summed E-state index contributed by atoms with van der Waals surface area (Å²) in [7, 11) is 1.32. The largest absolute Gasteiger partial charge is 0.469 e. The van der Waals surface area contributed by atoms with E-state index < -0.39 is 23.7 Å². The van der Waals surface area contributed by atoms with E-state index in [1.165, 1.54) is 7.11 Å². The van der Waals surface area contributed by atoms with Crippen molar-refractivity contribution >= 4 is 28.8 Å². The molecule has 0 radical (unpaired) electrons. The highest BCUT2D eigenvalue weighted by Crippen LogP contribution is 2.37. The number of methoxy groups -OCH3 is 1. The summed E-state index contributed by atoms with van der Waals surface area (Å²) in [6.45, 7) is 5.79. The second-order valence-electron chi connectivity index (χ2n) is 7.98. The number of esters is 1. The van der Waals surface area contributed by atoms with Crippen molar-refractivity contribution in [2.24, 2.45) is 10.9 Å². The van der Waals surface area contributed by atoms with E-state index >= 15 is 0 Å². The average Bonchev–Trinajstić information content (AvgIpc) is 3.04. The molecule has 0 saturated carbocycles. The highest BCUT2D eigenvalue weighted by Gasteiger charge is 2.37. The van der Waals surface area contributed by atoms with Crippen LogP contribution in [-0.4, -0.2) is 52.2 Å². The van der Waals surface area contributed by atoms with E-state index in [1.807, 2.05) is 12.1 Å². The molecule has 3 rings (SSSR count). The van der Waals surface area contributed by atoms with Crippen molar-refractivity contribution in [3.63, 3.8) is 0 Å². The van der Waals surface area contributed by atoms with Crippen molar-refractivity contribution in [2.75, 3.05) is 13.7 Å². The third kappa shape index (κ3) is 4.13. The standard InChI is InChI=1S/C20H26N4O5/c1-20(2,3)29-19(26)24-8-7-12-13-9-11(18(21)23-27)5-6-14(13)22-17(12)15(24)10-16(25)28-4/h5-6,9,15,22,27H,7-8,10H2,1-4H3,(H2,21,23). The van der Waals surface area contributed by atoms with Crippen LogP contribution in [0.1, 0.15) is 50.1 Å². The first-order chi connectivity index (χ1) is 13.6. The van der Waals surface area contributed by atoms with Gasteiger partial charge in [0, 0.05) is 28.7 Å². The van der Waals surface area contributed by atoms with Gasteiger partial charge in [-0.3, -0.25) is 9.69 Å². The Kier molecular flexibility index (Phi) is 5.41. The smallest absolute Gasteiger partial charge is 0.410 e. The molecule has 1 aliphatic heterocycles. The minimum atomic E-state index is -0.649. The minimum absolute atomic E-state index is 0.00264. The Labute approximate surface area is 168 Å². The van der Waals surface area contributed by atoms with Crippen molar-refractivity contribution in [3.8, 4) is 0 Å². The maximum Gasteiger partial charge on any atom is 0.410 e. The van der Waals surface area contributed by atoms with Gasteiger partial charge in [0.25, 0.3) is 0 Å². The van der Waals surface area contributed by atoms with Gasteiger partial charge in [-0.2, -0.15) is 0 Å². The minimum Gasteiger partial charge on any atom is -0.469 e. The Hall–Kier alpha value is -3.23. The first-order valence-corrected chi connectivity index (χ1v) is 9.33. The van der Waals surface area contributed by atoms with E-state index in [4.69, 9.17) is 20.4 Å². The highest BCUT2D eigenvalue weighted by molar-refractivity contribution is 6.01. The van der Waals surface area contributed by atoms with Crippen molar-refractivity contribution in [1.29, 1.82) is 0 Å². The van der Waals surface area contributed by atoms with Gasteiger partial charge in [0.15, 0.2) is 5.84 Å². The predicted molar refractivity (Wildman–Crippen MR) is 107 cm³/mol. The van der Waals surface area contributed by atoms with Gasteiger partial charge in [-0.1, -0.05) is 5.16 Å². The summed E-state index contributed by atoms with van der Waals surface area (Å²) in [6, 6.07) is 4.85. The number of rotatable bonds is 3. The number of aromatic nitrogens is 1. The third-order valence-corrected chi connectivity index (χ3v) is 4.87. The SMILES string of the molecule is COC(=O)CC1c2[nH]c3ccc(/C(N)=N\O)cc3c2CCN1C(=O)OC(C)(C)C. The molecule has 9 nitrogen and oxygen atoms in total. The summed E-state index contributed by atoms with van der Waals surface area (Å²) < 4.78 is 10.4. The van der Waals surface area contributed by atoms with Crippen LogP contribution < -0.4 is 5.73 Å². The van der Waals surface area contributed by atoms with Crippen LogP contribution in [0.2, 0.25) is 0 Å². The highest BCUT2D eigenvalue weighted by atomic mass is 16.6. The Bertz CT molecular complexity index is 973. The van der Waals surface area contributed by atoms with Crippen LogP contribution in [0, 0.1) is 0 Å². The van der Waals surface area contributed by atoms with Crippen molar-refractivity contribution in [1.82, 2.24) is 9.88 Å². The average molecular weight is 402 g/mol. The molecule has 1 aromatic heterocycles.